The summed E-state index contributed by atoms with van der Waals surface area (Å²) >= 11 is 6.60. The van der Waals surface area contributed by atoms with Crippen LogP contribution in [0.4, 0.5) is 28.9 Å². The molecule has 0 radical (unpaired) electrons. The highest BCUT2D eigenvalue weighted by Gasteiger charge is 2.41. The predicted molar refractivity (Wildman–Crippen MR) is 153 cm³/mol. The summed E-state index contributed by atoms with van der Waals surface area (Å²) in [6, 6.07) is 15.6. The Morgan fingerprint density at radius 1 is 0.976 bits per heavy atom. The summed E-state index contributed by atoms with van der Waals surface area (Å²) in [5.41, 5.74) is 1.62. The van der Waals surface area contributed by atoms with Crippen molar-refractivity contribution in [3.8, 4) is 6.07 Å². The molecule has 7 nitrogen and oxygen atoms in total. The third-order valence-corrected chi connectivity index (χ3v) is 6.95. The first-order valence-electron chi connectivity index (χ1n) is 12.9. The van der Waals surface area contributed by atoms with Gasteiger partial charge in [0.15, 0.2) is 0 Å². The van der Waals surface area contributed by atoms with Gasteiger partial charge in [0, 0.05) is 23.3 Å². The van der Waals surface area contributed by atoms with Crippen LogP contribution >= 0.6 is 11.6 Å². The largest absolute Gasteiger partial charge is 0.412 e. The van der Waals surface area contributed by atoms with Gasteiger partial charge in [0.25, 0.3) is 0 Å². The van der Waals surface area contributed by atoms with Crippen LogP contribution in [0.25, 0.3) is 10.9 Å². The highest BCUT2D eigenvalue weighted by atomic mass is 35.5. The number of nitrogens with one attached hydrogen (secondary N) is 2. The van der Waals surface area contributed by atoms with Crippen molar-refractivity contribution < 1.29 is 17.6 Å². The Balaban J connectivity index is 1.63. The molecular weight excluding hydrogens is 570 g/mol. The van der Waals surface area contributed by atoms with Gasteiger partial charge >= 0.3 is 6.18 Å². The van der Waals surface area contributed by atoms with Gasteiger partial charge < -0.3 is 10.6 Å². The van der Waals surface area contributed by atoms with Crippen molar-refractivity contribution in [1.82, 2.24) is 20.0 Å². The average molecular weight is 594 g/mol. The fourth-order valence-corrected chi connectivity index (χ4v) is 4.82. The fourth-order valence-electron chi connectivity index (χ4n) is 4.55. The van der Waals surface area contributed by atoms with Gasteiger partial charge in [-0.15, -0.1) is 5.10 Å². The van der Waals surface area contributed by atoms with E-state index < -0.39 is 24.1 Å². The fraction of sp³-hybridized carbons (Fsp3) is 0.200. The van der Waals surface area contributed by atoms with Gasteiger partial charge in [0.1, 0.15) is 23.6 Å². The molecule has 3 aromatic carbocycles. The van der Waals surface area contributed by atoms with E-state index in [4.69, 9.17) is 11.6 Å². The standard InChI is InChI=1S/C30H24ClF4N7/c1-17(2)42-16-25(40-41-42)27(18-8-10-21(32)11-9-18)38-22-12-23-26(20(14-36)15-37-28(23)24(31)13-22)39-29(30(33,34)35)19-6-4-3-5-7-19/h3-13,15-17,27,29,38H,1-2H3,(H,37,39)/t27-,29-/m0/s1. The molecule has 12 heteroatoms. The number of nitrogens with zero attached hydrogens (tertiary/aromatic N) is 5. The van der Waals surface area contributed by atoms with E-state index in [-0.39, 0.29) is 38.8 Å². The van der Waals surface area contributed by atoms with Crippen molar-refractivity contribution in [3.63, 3.8) is 0 Å². The number of benzene rings is 3. The van der Waals surface area contributed by atoms with Crippen molar-refractivity contribution in [2.24, 2.45) is 0 Å². The van der Waals surface area contributed by atoms with Gasteiger partial charge in [-0.3, -0.25) is 4.98 Å². The van der Waals surface area contributed by atoms with Gasteiger partial charge in [-0.2, -0.15) is 18.4 Å². The molecule has 5 rings (SSSR count). The summed E-state index contributed by atoms with van der Waals surface area (Å²) in [7, 11) is 0. The number of aromatic nitrogens is 4. The number of hydrogen-bond acceptors (Lipinski definition) is 6. The normalized spacial score (nSPS) is 13.1. The SMILES string of the molecule is CC(C)n1cc([C@@H](Nc2cc(Cl)c3ncc(C#N)c(N[C@@H](c4ccccc4)C(F)(F)F)c3c2)c2ccc(F)cc2)nn1. The number of alkyl halides is 3. The number of anilines is 2. The second kappa shape index (κ2) is 11.7. The maximum Gasteiger partial charge on any atom is 0.412 e. The molecule has 0 spiro atoms. The average Bonchev–Trinajstić information content (AvgIpc) is 3.45. The number of pyridine rings is 1. The van der Waals surface area contributed by atoms with Crippen molar-refractivity contribution in [1.29, 1.82) is 5.26 Å². The van der Waals surface area contributed by atoms with Gasteiger partial charge in [-0.1, -0.05) is 59.3 Å². The second-order valence-corrected chi connectivity index (χ2v) is 10.3. The molecule has 0 bridgehead atoms. The van der Waals surface area contributed by atoms with E-state index in [9.17, 15) is 22.8 Å². The third kappa shape index (κ3) is 5.99. The Morgan fingerprint density at radius 3 is 2.31 bits per heavy atom. The Morgan fingerprint density at radius 2 is 1.69 bits per heavy atom. The first-order valence-corrected chi connectivity index (χ1v) is 13.3. The zero-order valence-corrected chi connectivity index (χ0v) is 23.1. The molecule has 0 aliphatic heterocycles. The molecule has 0 aliphatic rings. The van der Waals surface area contributed by atoms with Crippen LogP contribution in [0.15, 0.2) is 79.1 Å². The Bertz CT molecular complexity index is 1750. The van der Waals surface area contributed by atoms with Crippen LogP contribution in [0.1, 0.15) is 54.4 Å². The second-order valence-electron chi connectivity index (χ2n) is 9.89. The smallest absolute Gasteiger partial charge is 0.373 e. The van der Waals surface area contributed by atoms with Crippen LogP contribution < -0.4 is 10.6 Å². The van der Waals surface area contributed by atoms with Crippen LogP contribution in [0, 0.1) is 17.1 Å². The molecule has 2 N–H and O–H groups in total. The molecular formula is C30H24ClF4N7. The van der Waals surface area contributed by atoms with Crippen LogP contribution in [-0.2, 0) is 0 Å². The molecule has 0 amide bonds. The lowest BCUT2D eigenvalue weighted by Gasteiger charge is -2.25. The van der Waals surface area contributed by atoms with E-state index in [0.29, 0.717) is 16.9 Å². The van der Waals surface area contributed by atoms with Crippen LogP contribution in [0.2, 0.25) is 5.02 Å². The monoisotopic (exact) mass is 593 g/mol. The zero-order valence-electron chi connectivity index (χ0n) is 22.4. The molecule has 0 fully saturated rings. The molecule has 0 unspecified atom stereocenters. The molecule has 2 heterocycles. The summed E-state index contributed by atoms with van der Waals surface area (Å²) in [5, 5.41) is 24.5. The van der Waals surface area contributed by atoms with Gasteiger partial charge in [-0.25, -0.2) is 9.07 Å². The van der Waals surface area contributed by atoms with Crippen LogP contribution in [0.5, 0.6) is 0 Å². The van der Waals surface area contributed by atoms with Crippen LogP contribution in [-0.4, -0.2) is 26.2 Å². The van der Waals surface area contributed by atoms with E-state index >= 15 is 0 Å². The molecule has 0 saturated heterocycles. The highest BCUT2D eigenvalue weighted by molar-refractivity contribution is 6.35. The van der Waals surface area contributed by atoms with E-state index in [1.54, 1.807) is 41.2 Å². The van der Waals surface area contributed by atoms with Crippen molar-refractivity contribution >= 4 is 33.9 Å². The lowest BCUT2D eigenvalue weighted by atomic mass is 10.0. The number of fused-ring (bicyclic) bond motifs is 1. The number of hydrogen-bond donors (Lipinski definition) is 2. The topological polar surface area (TPSA) is 91.5 Å². The molecule has 2 aromatic heterocycles. The molecule has 2 atom stereocenters. The Labute approximate surface area is 243 Å². The molecule has 42 heavy (non-hydrogen) atoms. The van der Waals surface area contributed by atoms with E-state index in [1.807, 2.05) is 19.9 Å². The third-order valence-electron chi connectivity index (χ3n) is 6.66. The summed E-state index contributed by atoms with van der Waals surface area (Å²) in [6.07, 6.45) is -1.74. The summed E-state index contributed by atoms with van der Waals surface area (Å²) in [5.74, 6) is -0.416. The van der Waals surface area contributed by atoms with Crippen LogP contribution in [0.3, 0.4) is 0 Å². The maximum atomic E-state index is 14.3. The minimum atomic E-state index is -4.68. The summed E-state index contributed by atoms with van der Waals surface area (Å²) < 4.78 is 58.3. The zero-order chi connectivity index (χ0) is 30.0. The molecule has 0 aliphatic carbocycles. The summed E-state index contributed by atoms with van der Waals surface area (Å²) in [6.45, 7) is 3.89. The van der Waals surface area contributed by atoms with E-state index in [2.05, 4.69) is 25.9 Å². The van der Waals surface area contributed by atoms with Gasteiger partial charge in [0.2, 0.25) is 0 Å². The Kier molecular flexibility index (Phi) is 8.00. The number of nitriles is 1. The van der Waals surface area contributed by atoms with Crippen molar-refractivity contribution in [2.75, 3.05) is 10.6 Å². The highest BCUT2D eigenvalue weighted by Crippen LogP contribution is 2.40. The lowest BCUT2D eigenvalue weighted by molar-refractivity contribution is -0.143. The summed E-state index contributed by atoms with van der Waals surface area (Å²) in [4.78, 5) is 4.25. The van der Waals surface area contributed by atoms with Gasteiger partial charge in [-0.05, 0) is 49.2 Å². The lowest BCUT2D eigenvalue weighted by Crippen LogP contribution is -2.28. The van der Waals surface area contributed by atoms with E-state index in [0.717, 1.165) is 0 Å². The first kappa shape index (κ1) is 28.8. The van der Waals surface area contributed by atoms with E-state index in [1.165, 1.54) is 42.6 Å². The number of halogens is 5. The molecule has 5 aromatic rings. The first-order chi connectivity index (χ1) is 20.0. The molecule has 214 valence electrons. The predicted octanol–water partition coefficient (Wildman–Crippen LogP) is 7.99. The minimum absolute atomic E-state index is 0.0242. The van der Waals surface area contributed by atoms with Crippen molar-refractivity contribution in [2.45, 2.75) is 38.1 Å². The van der Waals surface area contributed by atoms with Crippen molar-refractivity contribution in [3.05, 3.63) is 112 Å². The minimum Gasteiger partial charge on any atom is -0.373 e. The maximum absolute atomic E-state index is 14.3. The number of rotatable bonds is 8. The molecule has 0 saturated carbocycles. The Hall–Kier alpha value is -4.69. The van der Waals surface area contributed by atoms with Gasteiger partial charge in [0.05, 0.1) is 34.0 Å². The quantitative estimate of drug-likeness (QED) is 0.177.